The smallest absolute Gasteiger partial charge is 0.342 e. The summed E-state index contributed by atoms with van der Waals surface area (Å²) in [5.74, 6) is -3.00. The average Bonchev–Trinajstić information content (AvgIpc) is 3.38. The standard InChI is InChI=1S/C48H74O9.C12H10/c1-9-17-22-34(13-5)30-54-45(50)40-27-21-26-38(42(40)47(52)56-32-36(15-7)24-19-11-3)39-28-29-41(46(51)55-31-35(14-6)23-18-10-2)43(44(39)49)48(53)57-33-37(16-8)25-20-12-4;1-3-7-11(8-4-1)12-9-5-2-6-10-12/h21,26-29,34-37,49H,9-20,22-25,30-33H2,1-8H3;1-10H. The summed E-state index contributed by atoms with van der Waals surface area (Å²) >= 11 is 0. The van der Waals surface area contributed by atoms with Crippen molar-refractivity contribution in [1.82, 2.24) is 0 Å². The van der Waals surface area contributed by atoms with Crippen LogP contribution in [-0.4, -0.2) is 55.4 Å². The highest BCUT2D eigenvalue weighted by Gasteiger charge is 2.31. The molecule has 69 heavy (non-hydrogen) atoms. The van der Waals surface area contributed by atoms with Gasteiger partial charge in [-0.15, -0.1) is 0 Å². The molecule has 0 bridgehead atoms. The van der Waals surface area contributed by atoms with E-state index >= 15 is 0 Å². The van der Waals surface area contributed by atoms with Gasteiger partial charge in [0.25, 0.3) is 0 Å². The Balaban J connectivity index is 0.000000898. The normalized spacial score (nSPS) is 12.7. The number of hydrogen-bond acceptors (Lipinski definition) is 9. The van der Waals surface area contributed by atoms with Crippen LogP contribution in [-0.2, 0) is 18.9 Å². The van der Waals surface area contributed by atoms with Crippen molar-refractivity contribution in [3.8, 4) is 28.0 Å². The van der Waals surface area contributed by atoms with E-state index in [0.29, 0.717) is 0 Å². The molecule has 4 rings (SSSR count). The number of phenolic OH excluding ortho intramolecular Hbond substituents is 1. The molecule has 0 aliphatic rings. The van der Waals surface area contributed by atoms with Gasteiger partial charge in [0, 0.05) is 11.1 Å². The van der Waals surface area contributed by atoms with Crippen LogP contribution in [0.1, 0.15) is 200 Å². The largest absolute Gasteiger partial charge is 0.506 e. The van der Waals surface area contributed by atoms with Gasteiger partial charge in [-0.3, -0.25) is 0 Å². The van der Waals surface area contributed by atoms with Crippen LogP contribution in [0.4, 0.5) is 0 Å². The molecule has 9 heteroatoms. The third kappa shape index (κ3) is 19.1. The van der Waals surface area contributed by atoms with Crippen molar-refractivity contribution in [2.24, 2.45) is 23.7 Å². The molecule has 9 nitrogen and oxygen atoms in total. The number of carbonyl (C=O) groups is 4. The fraction of sp³-hybridized carbons (Fsp3) is 0.533. The molecule has 0 amide bonds. The van der Waals surface area contributed by atoms with Gasteiger partial charge >= 0.3 is 23.9 Å². The molecule has 4 aromatic carbocycles. The fourth-order valence-corrected chi connectivity index (χ4v) is 8.28. The van der Waals surface area contributed by atoms with E-state index in [1.54, 1.807) is 12.1 Å². The number of ether oxygens (including phenoxy) is 4. The average molecular weight is 949 g/mol. The lowest BCUT2D eigenvalue weighted by molar-refractivity contribution is 0.0378. The Bertz CT molecular complexity index is 2060. The summed E-state index contributed by atoms with van der Waals surface area (Å²) in [6.45, 7) is 17.3. The van der Waals surface area contributed by atoms with Crippen LogP contribution >= 0.6 is 0 Å². The molecule has 0 radical (unpaired) electrons. The summed E-state index contributed by atoms with van der Waals surface area (Å²) in [6, 6.07) is 28.4. The lowest BCUT2D eigenvalue weighted by Crippen LogP contribution is -2.21. The minimum absolute atomic E-state index is 0.00383. The van der Waals surface area contributed by atoms with E-state index in [1.807, 2.05) is 19.1 Å². The molecule has 0 aliphatic carbocycles. The zero-order chi connectivity index (χ0) is 50.4. The first-order valence-corrected chi connectivity index (χ1v) is 26.3. The number of benzene rings is 4. The van der Waals surface area contributed by atoms with Gasteiger partial charge in [0.15, 0.2) is 0 Å². The van der Waals surface area contributed by atoms with Crippen LogP contribution in [0, 0.1) is 23.7 Å². The highest BCUT2D eigenvalue weighted by Crippen LogP contribution is 2.39. The number of rotatable bonds is 30. The van der Waals surface area contributed by atoms with Crippen molar-refractivity contribution in [2.75, 3.05) is 26.4 Å². The molecule has 4 aromatic rings. The number of phenols is 1. The van der Waals surface area contributed by atoms with Crippen molar-refractivity contribution < 1.29 is 43.2 Å². The van der Waals surface area contributed by atoms with E-state index in [4.69, 9.17) is 18.9 Å². The fourth-order valence-electron chi connectivity index (χ4n) is 8.28. The van der Waals surface area contributed by atoms with Gasteiger partial charge in [-0.25, -0.2) is 19.2 Å². The lowest BCUT2D eigenvalue weighted by Gasteiger charge is -2.20. The number of hydrogen-bond donors (Lipinski definition) is 1. The topological polar surface area (TPSA) is 125 Å². The van der Waals surface area contributed by atoms with Crippen molar-refractivity contribution in [3.63, 3.8) is 0 Å². The van der Waals surface area contributed by atoms with Crippen LogP contribution in [0.3, 0.4) is 0 Å². The Hall–Kier alpha value is -5.44. The Labute approximate surface area is 415 Å². The van der Waals surface area contributed by atoms with E-state index in [-0.39, 0.29) is 83.5 Å². The minimum atomic E-state index is -0.867. The van der Waals surface area contributed by atoms with Crippen molar-refractivity contribution in [2.45, 2.75) is 158 Å². The van der Waals surface area contributed by atoms with E-state index < -0.39 is 29.6 Å². The van der Waals surface area contributed by atoms with Gasteiger partial charge in [0.2, 0.25) is 0 Å². The highest BCUT2D eigenvalue weighted by atomic mass is 16.5. The van der Waals surface area contributed by atoms with E-state index in [2.05, 4.69) is 97.0 Å². The molecule has 0 saturated carbocycles. The molecule has 0 aliphatic heterocycles. The maximum absolute atomic E-state index is 14.2. The summed E-state index contributed by atoms with van der Waals surface area (Å²) in [5, 5.41) is 12.0. The molecular weight excluding hydrogens is 865 g/mol. The lowest BCUT2D eigenvalue weighted by atomic mass is 9.91. The number of carbonyl (C=O) groups excluding carboxylic acids is 4. The van der Waals surface area contributed by atoms with Gasteiger partial charge in [-0.05, 0) is 78.7 Å². The van der Waals surface area contributed by atoms with Crippen LogP contribution in [0.2, 0.25) is 0 Å². The molecule has 4 unspecified atom stereocenters. The molecule has 0 heterocycles. The van der Waals surface area contributed by atoms with Gasteiger partial charge < -0.3 is 24.1 Å². The Morgan fingerprint density at radius 3 is 1.10 bits per heavy atom. The third-order valence-corrected chi connectivity index (χ3v) is 13.2. The predicted molar refractivity (Wildman–Crippen MR) is 280 cm³/mol. The van der Waals surface area contributed by atoms with Gasteiger partial charge in [-0.1, -0.05) is 205 Å². The predicted octanol–water partition coefficient (Wildman–Crippen LogP) is 15.9. The molecule has 1 N–H and O–H groups in total. The summed E-state index contributed by atoms with van der Waals surface area (Å²) in [4.78, 5) is 55.7. The second-order valence-corrected chi connectivity index (χ2v) is 18.4. The SMILES string of the molecule is CCCCC(CC)COC(=O)c1cccc(-c2ccc(C(=O)OCC(CC)CCCC)c(C(=O)OCC(CC)CCCC)c2O)c1C(=O)OCC(CC)CCCC.c1ccc(-c2ccccc2)cc1. The Morgan fingerprint density at radius 2 is 0.739 bits per heavy atom. The van der Waals surface area contributed by atoms with Crippen molar-refractivity contribution >= 4 is 23.9 Å². The number of unbranched alkanes of at least 4 members (excludes halogenated alkanes) is 4. The molecule has 0 aromatic heterocycles. The summed E-state index contributed by atoms with van der Waals surface area (Å²) in [7, 11) is 0. The second kappa shape index (κ2) is 33.2. The molecule has 0 fully saturated rings. The first kappa shape index (κ1) is 57.9. The summed E-state index contributed by atoms with van der Waals surface area (Å²) in [6.07, 6.45) is 15.0. The Morgan fingerprint density at radius 1 is 0.391 bits per heavy atom. The molecule has 4 atom stereocenters. The molecule has 0 saturated heterocycles. The molecule has 0 spiro atoms. The Kier molecular flexibility index (Phi) is 27.8. The van der Waals surface area contributed by atoms with Crippen molar-refractivity contribution in [3.05, 3.63) is 113 Å². The first-order valence-electron chi connectivity index (χ1n) is 26.3. The van der Waals surface area contributed by atoms with Crippen molar-refractivity contribution in [1.29, 1.82) is 0 Å². The highest BCUT2D eigenvalue weighted by molar-refractivity contribution is 6.11. The second-order valence-electron chi connectivity index (χ2n) is 18.4. The maximum atomic E-state index is 14.2. The summed E-state index contributed by atoms with van der Waals surface area (Å²) in [5.41, 5.74) is 2.23. The zero-order valence-corrected chi connectivity index (χ0v) is 43.3. The van der Waals surface area contributed by atoms with E-state index in [1.165, 1.54) is 29.3 Å². The monoisotopic (exact) mass is 949 g/mol. The number of aromatic hydroxyl groups is 1. The van der Waals surface area contributed by atoms with Gasteiger partial charge in [-0.2, -0.15) is 0 Å². The van der Waals surface area contributed by atoms with Gasteiger partial charge in [0.05, 0.1) is 43.1 Å². The zero-order valence-electron chi connectivity index (χ0n) is 43.3. The number of esters is 4. The quantitative estimate of drug-likeness (QED) is 0.0402. The maximum Gasteiger partial charge on any atom is 0.342 e. The molecular formula is C60H84O9. The van der Waals surface area contributed by atoms with Crippen LogP contribution < -0.4 is 0 Å². The van der Waals surface area contributed by atoms with Crippen LogP contribution in [0.15, 0.2) is 91.0 Å². The summed E-state index contributed by atoms with van der Waals surface area (Å²) < 4.78 is 23.3. The van der Waals surface area contributed by atoms with Crippen LogP contribution in [0.5, 0.6) is 5.75 Å². The van der Waals surface area contributed by atoms with E-state index in [9.17, 15) is 24.3 Å². The first-order chi connectivity index (χ1) is 33.5. The molecule has 378 valence electrons. The van der Waals surface area contributed by atoms with Gasteiger partial charge in [0.1, 0.15) is 11.3 Å². The minimum Gasteiger partial charge on any atom is -0.506 e. The third-order valence-electron chi connectivity index (χ3n) is 13.2. The van der Waals surface area contributed by atoms with Crippen LogP contribution in [0.25, 0.3) is 22.3 Å². The van der Waals surface area contributed by atoms with E-state index in [0.717, 1.165) is 103 Å².